The van der Waals surface area contributed by atoms with E-state index in [9.17, 15) is 0 Å². The molecule has 5 heavy (non-hydrogen) atoms. The Balaban J connectivity index is 3.02. The summed E-state index contributed by atoms with van der Waals surface area (Å²) in [4.78, 5) is 0. The van der Waals surface area contributed by atoms with Gasteiger partial charge in [-0.25, -0.2) is 0 Å². The summed E-state index contributed by atoms with van der Waals surface area (Å²) in [5.41, 5.74) is 0. The third kappa shape index (κ3) is 25.1. The zero-order chi connectivity index (χ0) is 4.50. The SMILES string of the molecule is C[PH](Br)(Br)Br. The molecule has 0 N–H and O–H groups in total. The standard InChI is InChI=1S/CH4Br3P/c1-5(2,3)4/h5H,1H3. The van der Waals surface area contributed by atoms with Crippen molar-refractivity contribution in [2.75, 3.05) is 6.66 Å². The Kier molecular flexibility index (Phi) is 3.09. The van der Waals surface area contributed by atoms with Crippen LogP contribution >= 0.6 is 49.8 Å². The second-order valence-electron chi connectivity index (χ2n) is 0.781. The summed E-state index contributed by atoms with van der Waals surface area (Å²) in [6, 6.07) is 0. The molecule has 0 bridgehead atoms. The van der Waals surface area contributed by atoms with Crippen LogP contribution in [0.4, 0.5) is 0 Å². The zero-order valence-corrected chi connectivity index (χ0v) is 8.39. The fourth-order valence-electron chi connectivity index (χ4n) is 0. The van der Waals surface area contributed by atoms with Crippen LogP contribution in [-0.4, -0.2) is 6.66 Å². The summed E-state index contributed by atoms with van der Waals surface area (Å²) in [5, 5.41) is 0. The molecule has 34 valence electrons. The summed E-state index contributed by atoms with van der Waals surface area (Å²) >= 11 is 10.0. The third-order valence-electron chi connectivity index (χ3n) is 0. The first-order chi connectivity index (χ1) is 2.00. The van der Waals surface area contributed by atoms with Crippen molar-refractivity contribution in [3.05, 3.63) is 0 Å². The second-order valence-corrected chi connectivity index (χ2v) is 26.2. The molecule has 0 aromatic rings. The molecule has 4 heteroatoms. The van der Waals surface area contributed by atoms with Crippen LogP contribution in [0, 0.1) is 0 Å². The first-order valence-corrected chi connectivity index (χ1v) is 10.3. The van der Waals surface area contributed by atoms with Gasteiger partial charge in [-0.2, -0.15) is 0 Å². The van der Waals surface area contributed by atoms with E-state index in [4.69, 9.17) is 0 Å². The maximum absolute atomic E-state index is 3.35. The fraction of sp³-hybridized carbons (Fsp3) is 1.00. The van der Waals surface area contributed by atoms with Crippen LogP contribution in [0.15, 0.2) is 0 Å². The molecule has 0 saturated carbocycles. The normalized spacial score (nSPS) is 15.2. The molecule has 0 aliphatic rings. The Labute approximate surface area is 56.3 Å². The third-order valence-corrected chi connectivity index (χ3v) is 0. The molecule has 0 saturated heterocycles. The van der Waals surface area contributed by atoms with Crippen molar-refractivity contribution in [3.8, 4) is 0 Å². The number of hydrogen-bond acceptors (Lipinski definition) is 0. The topological polar surface area (TPSA) is 0 Å². The fourth-order valence-corrected chi connectivity index (χ4v) is 0. The van der Waals surface area contributed by atoms with E-state index in [1.165, 1.54) is 0 Å². The molecule has 0 atom stereocenters. The second kappa shape index (κ2) is 2.25. The van der Waals surface area contributed by atoms with E-state index in [0.29, 0.717) is 0 Å². The van der Waals surface area contributed by atoms with Crippen LogP contribution in [0.5, 0.6) is 0 Å². The molecule has 0 unspecified atom stereocenters. The molecule has 0 fully saturated rings. The van der Waals surface area contributed by atoms with E-state index in [-0.39, 0.29) is 0 Å². The van der Waals surface area contributed by atoms with Crippen LogP contribution in [0.25, 0.3) is 0 Å². The molecule has 0 rings (SSSR count). The first-order valence-electron chi connectivity index (χ1n) is 1.07. The predicted molar refractivity (Wildman–Crippen MR) is 41.0 cm³/mol. The van der Waals surface area contributed by atoms with Gasteiger partial charge >= 0.3 is 56.5 Å². The molecule has 0 spiro atoms. The number of halogens is 3. The van der Waals surface area contributed by atoms with Crippen LogP contribution in [0.1, 0.15) is 0 Å². The van der Waals surface area contributed by atoms with Crippen molar-refractivity contribution in [2.24, 2.45) is 0 Å². The van der Waals surface area contributed by atoms with Crippen molar-refractivity contribution in [3.63, 3.8) is 0 Å². The summed E-state index contributed by atoms with van der Waals surface area (Å²) in [7, 11) is 0. The molecule has 0 radical (unpaired) electrons. The van der Waals surface area contributed by atoms with Crippen molar-refractivity contribution >= 4 is 49.8 Å². The van der Waals surface area contributed by atoms with Gasteiger partial charge in [0.25, 0.3) is 0 Å². The molecular formula is CH4Br3P. The molecule has 0 amide bonds. The van der Waals surface area contributed by atoms with E-state index in [1.807, 2.05) is 0 Å². The Hall–Kier alpha value is 1.87. The van der Waals surface area contributed by atoms with Crippen molar-refractivity contribution in [2.45, 2.75) is 0 Å². The summed E-state index contributed by atoms with van der Waals surface area (Å²) < 4.78 is -1.17. The Morgan fingerprint density at radius 2 is 1.20 bits per heavy atom. The van der Waals surface area contributed by atoms with Crippen molar-refractivity contribution in [1.82, 2.24) is 0 Å². The van der Waals surface area contributed by atoms with Gasteiger partial charge in [-0.05, 0) is 0 Å². The summed E-state index contributed by atoms with van der Waals surface area (Å²) in [6.45, 7) is 2.08. The van der Waals surface area contributed by atoms with E-state index < -0.39 is 3.37 Å². The molecular weight excluding hydrogens is 283 g/mol. The quantitative estimate of drug-likeness (QED) is 0.600. The van der Waals surface area contributed by atoms with E-state index in [1.54, 1.807) is 0 Å². The molecule has 0 aliphatic heterocycles. The first kappa shape index (κ1) is 6.87. The number of hydrogen-bond donors (Lipinski definition) is 0. The predicted octanol–water partition coefficient (Wildman–Crippen LogP) is 3.30. The van der Waals surface area contributed by atoms with Gasteiger partial charge in [0.1, 0.15) is 0 Å². The molecule has 0 heterocycles. The Bertz CT molecular complexity index is 22.4. The van der Waals surface area contributed by atoms with E-state index in [2.05, 4.69) is 53.1 Å². The van der Waals surface area contributed by atoms with Crippen LogP contribution < -0.4 is 0 Å². The molecule has 0 aromatic carbocycles. The minimum absolute atomic E-state index is 1.17. The monoisotopic (exact) mass is 284 g/mol. The van der Waals surface area contributed by atoms with Gasteiger partial charge in [-0.1, -0.05) is 0 Å². The molecule has 0 aliphatic carbocycles. The number of rotatable bonds is 0. The van der Waals surface area contributed by atoms with Gasteiger partial charge in [0, 0.05) is 0 Å². The maximum atomic E-state index is 3.35. The Morgan fingerprint density at radius 1 is 1.20 bits per heavy atom. The van der Waals surface area contributed by atoms with Gasteiger partial charge in [-0.3, -0.25) is 0 Å². The minimum atomic E-state index is -1.17. The van der Waals surface area contributed by atoms with Crippen LogP contribution in [0.3, 0.4) is 0 Å². The average Bonchev–Trinajstić information content (AvgIpc) is 0.722. The summed E-state index contributed by atoms with van der Waals surface area (Å²) in [5.74, 6) is 0. The van der Waals surface area contributed by atoms with Crippen molar-refractivity contribution in [1.29, 1.82) is 0 Å². The average molecular weight is 287 g/mol. The van der Waals surface area contributed by atoms with Crippen molar-refractivity contribution < 1.29 is 0 Å². The molecule has 0 nitrogen and oxygen atoms in total. The zero-order valence-electron chi connectivity index (χ0n) is 2.63. The van der Waals surface area contributed by atoms with E-state index >= 15 is 0 Å². The molecule has 0 aromatic heterocycles. The van der Waals surface area contributed by atoms with Gasteiger partial charge in [0.2, 0.25) is 0 Å². The van der Waals surface area contributed by atoms with Gasteiger partial charge < -0.3 is 0 Å². The Morgan fingerprint density at radius 3 is 1.20 bits per heavy atom. The van der Waals surface area contributed by atoms with Crippen LogP contribution in [-0.2, 0) is 0 Å². The summed E-state index contributed by atoms with van der Waals surface area (Å²) in [6.07, 6.45) is 0. The van der Waals surface area contributed by atoms with Crippen LogP contribution in [0.2, 0.25) is 0 Å². The van der Waals surface area contributed by atoms with Gasteiger partial charge in [0.15, 0.2) is 0 Å². The van der Waals surface area contributed by atoms with Gasteiger partial charge in [-0.15, -0.1) is 0 Å². The van der Waals surface area contributed by atoms with Gasteiger partial charge in [0.05, 0.1) is 0 Å². The van der Waals surface area contributed by atoms with E-state index in [0.717, 1.165) is 0 Å².